The Balaban J connectivity index is 2.12. The third-order valence-electron chi connectivity index (χ3n) is 3.36. The fourth-order valence-corrected chi connectivity index (χ4v) is 3.20. The van der Waals surface area contributed by atoms with Crippen molar-refractivity contribution < 1.29 is 0 Å². The maximum atomic E-state index is 6.41. The van der Waals surface area contributed by atoms with Gasteiger partial charge in [-0.2, -0.15) is 11.3 Å². The van der Waals surface area contributed by atoms with E-state index in [0.29, 0.717) is 5.92 Å². The first-order valence-electron chi connectivity index (χ1n) is 7.28. The van der Waals surface area contributed by atoms with Crippen molar-refractivity contribution >= 4 is 28.6 Å². The number of hydrogen-bond donors (Lipinski definition) is 1. The molecule has 1 aromatic carbocycles. The molecule has 0 radical (unpaired) electrons. The highest BCUT2D eigenvalue weighted by Gasteiger charge is 2.11. The summed E-state index contributed by atoms with van der Waals surface area (Å²) in [7, 11) is 2.12. The maximum absolute atomic E-state index is 6.41. The lowest BCUT2D eigenvalue weighted by molar-refractivity contribution is 0.552. The summed E-state index contributed by atoms with van der Waals surface area (Å²) in [6.07, 6.45) is 0. The van der Waals surface area contributed by atoms with Crippen LogP contribution in [0, 0.1) is 5.92 Å². The van der Waals surface area contributed by atoms with Gasteiger partial charge in [0, 0.05) is 36.4 Å². The van der Waals surface area contributed by atoms with Crippen LogP contribution in [0.15, 0.2) is 35.0 Å². The molecule has 0 aliphatic heterocycles. The number of anilines is 1. The molecule has 114 valence electrons. The average molecular weight is 323 g/mol. The van der Waals surface area contributed by atoms with E-state index in [2.05, 4.69) is 54.0 Å². The fourth-order valence-electron chi connectivity index (χ4n) is 2.31. The second kappa shape index (κ2) is 7.83. The second-order valence-electron chi connectivity index (χ2n) is 5.75. The zero-order valence-electron chi connectivity index (χ0n) is 12.9. The predicted octanol–water partition coefficient (Wildman–Crippen LogP) is 4.78. The SMILES string of the molecule is CC(C)CNCc1c(Cl)cccc1N(C)Cc1ccsc1. The van der Waals surface area contributed by atoms with Gasteiger partial charge < -0.3 is 10.2 Å². The number of nitrogens with one attached hydrogen (secondary N) is 1. The van der Waals surface area contributed by atoms with Crippen LogP contribution in [0.3, 0.4) is 0 Å². The monoisotopic (exact) mass is 322 g/mol. The Kier molecular flexibility index (Phi) is 6.09. The van der Waals surface area contributed by atoms with Crippen molar-refractivity contribution in [2.75, 3.05) is 18.5 Å². The van der Waals surface area contributed by atoms with Crippen LogP contribution in [0.5, 0.6) is 0 Å². The third kappa shape index (κ3) is 4.73. The van der Waals surface area contributed by atoms with E-state index in [-0.39, 0.29) is 0 Å². The molecule has 0 aliphatic rings. The van der Waals surface area contributed by atoms with E-state index in [1.54, 1.807) is 11.3 Å². The number of halogens is 1. The van der Waals surface area contributed by atoms with Gasteiger partial charge in [0.05, 0.1) is 0 Å². The van der Waals surface area contributed by atoms with Gasteiger partial charge in [-0.15, -0.1) is 0 Å². The van der Waals surface area contributed by atoms with Crippen LogP contribution in [0.4, 0.5) is 5.69 Å². The highest BCUT2D eigenvalue weighted by Crippen LogP contribution is 2.28. The first-order chi connectivity index (χ1) is 10.1. The summed E-state index contributed by atoms with van der Waals surface area (Å²) >= 11 is 8.14. The van der Waals surface area contributed by atoms with E-state index < -0.39 is 0 Å². The normalized spacial score (nSPS) is 11.1. The Morgan fingerprint density at radius 2 is 2.10 bits per heavy atom. The molecule has 0 atom stereocenters. The van der Waals surface area contributed by atoms with Crippen molar-refractivity contribution in [1.82, 2.24) is 5.32 Å². The van der Waals surface area contributed by atoms with E-state index >= 15 is 0 Å². The summed E-state index contributed by atoms with van der Waals surface area (Å²) in [4.78, 5) is 2.26. The van der Waals surface area contributed by atoms with Crippen LogP contribution in [0.25, 0.3) is 0 Å². The van der Waals surface area contributed by atoms with E-state index in [1.165, 1.54) is 16.8 Å². The lowest BCUT2D eigenvalue weighted by Crippen LogP contribution is -2.23. The zero-order chi connectivity index (χ0) is 15.2. The molecule has 4 heteroatoms. The Labute approximate surface area is 136 Å². The van der Waals surface area contributed by atoms with Gasteiger partial charge >= 0.3 is 0 Å². The highest BCUT2D eigenvalue weighted by molar-refractivity contribution is 7.07. The van der Waals surface area contributed by atoms with Crippen LogP contribution < -0.4 is 10.2 Å². The standard InChI is InChI=1S/C17H23ClN2S/c1-13(2)9-19-10-15-16(18)5-4-6-17(15)20(3)11-14-7-8-21-12-14/h4-8,12-13,19H,9-11H2,1-3H3. The van der Waals surface area contributed by atoms with Gasteiger partial charge in [-0.05, 0) is 47.0 Å². The second-order valence-corrected chi connectivity index (χ2v) is 6.94. The van der Waals surface area contributed by atoms with E-state index in [0.717, 1.165) is 24.7 Å². The quantitative estimate of drug-likeness (QED) is 0.789. The summed E-state index contributed by atoms with van der Waals surface area (Å²) in [6, 6.07) is 8.30. The van der Waals surface area contributed by atoms with Crippen LogP contribution in [0.1, 0.15) is 25.0 Å². The molecule has 1 heterocycles. The molecule has 0 bridgehead atoms. The van der Waals surface area contributed by atoms with Gasteiger partial charge in [-0.3, -0.25) is 0 Å². The van der Waals surface area contributed by atoms with Crippen LogP contribution in [0.2, 0.25) is 5.02 Å². The van der Waals surface area contributed by atoms with Crippen molar-refractivity contribution in [3.8, 4) is 0 Å². The number of thiophene rings is 1. The van der Waals surface area contributed by atoms with Crippen LogP contribution in [-0.2, 0) is 13.1 Å². The van der Waals surface area contributed by atoms with Crippen molar-refractivity contribution in [3.05, 3.63) is 51.2 Å². The largest absolute Gasteiger partial charge is 0.370 e. The molecule has 0 amide bonds. The molecule has 2 nitrogen and oxygen atoms in total. The summed E-state index contributed by atoms with van der Waals surface area (Å²) in [5, 5.41) is 8.63. The molecule has 2 rings (SSSR count). The van der Waals surface area contributed by atoms with E-state index in [4.69, 9.17) is 11.6 Å². The lowest BCUT2D eigenvalue weighted by atomic mass is 10.1. The molecule has 0 aliphatic carbocycles. The summed E-state index contributed by atoms with van der Waals surface area (Å²) in [5.41, 5.74) is 3.71. The Bertz CT molecular complexity index is 552. The Hall–Kier alpha value is -1.03. The molecule has 1 N–H and O–H groups in total. The predicted molar refractivity (Wildman–Crippen MR) is 94.4 cm³/mol. The van der Waals surface area contributed by atoms with Crippen LogP contribution >= 0.6 is 22.9 Å². The fraction of sp³-hybridized carbons (Fsp3) is 0.412. The van der Waals surface area contributed by atoms with Gasteiger partial charge in [-0.25, -0.2) is 0 Å². The third-order valence-corrected chi connectivity index (χ3v) is 4.45. The van der Waals surface area contributed by atoms with Crippen molar-refractivity contribution in [3.63, 3.8) is 0 Å². The first-order valence-corrected chi connectivity index (χ1v) is 8.60. The smallest absolute Gasteiger partial charge is 0.0471 e. The summed E-state index contributed by atoms with van der Waals surface area (Å²) in [6.45, 7) is 7.13. The number of hydrogen-bond acceptors (Lipinski definition) is 3. The molecule has 0 spiro atoms. The highest BCUT2D eigenvalue weighted by atomic mass is 35.5. The minimum Gasteiger partial charge on any atom is -0.370 e. The summed E-state index contributed by atoms with van der Waals surface area (Å²) < 4.78 is 0. The number of rotatable bonds is 7. The molecule has 2 aromatic rings. The number of benzene rings is 1. The molecule has 0 unspecified atom stereocenters. The molecular weight excluding hydrogens is 300 g/mol. The minimum atomic E-state index is 0.638. The average Bonchev–Trinajstić information content (AvgIpc) is 2.93. The van der Waals surface area contributed by atoms with Crippen molar-refractivity contribution in [1.29, 1.82) is 0 Å². The molecular formula is C17H23ClN2S. The maximum Gasteiger partial charge on any atom is 0.0471 e. The van der Waals surface area contributed by atoms with Gasteiger partial charge in [0.1, 0.15) is 0 Å². The van der Waals surface area contributed by atoms with Crippen LogP contribution in [-0.4, -0.2) is 13.6 Å². The lowest BCUT2D eigenvalue weighted by Gasteiger charge is -2.23. The zero-order valence-corrected chi connectivity index (χ0v) is 14.5. The Morgan fingerprint density at radius 3 is 2.76 bits per heavy atom. The first kappa shape index (κ1) is 16.3. The molecule has 0 saturated carbocycles. The molecule has 0 saturated heterocycles. The Morgan fingerprint density at radius 1 is 1.29 bits per heavy atom. The van der Waals surface area contributed by atoms with Gasteiger partial charge in [0.15, 0.2) is 0 Å². The van der Waals surface area contributed by atoms with Gasteiger partial charge in [0.2, 0.25) is 0 Å². The molecule has 21 heavy (non-hydrogen) atoms. The number of nitrogens with zero attached hydrogens (tertiary/aromatic N) is 1. The van der Waals surface area contributed by atoms with Gasteiger partial charge in [0.25, 0.3) is 0 Å². The van der Waals surface area contributed by atoms with Crippen molar-refractivity contribution in [2.24, 2.45) is 5.92 Å². The molecule has 1 aromatic heterocycles. The van der Waals surface area contributed by atoms with Crippen molar-refractivity contribution in [2.45, 2.75) is 26.9 Å². The minimum absolute atomic E-state index is 0.638. The van der Waals surface area contributed by atoms with E-state index in [9.17, 15) is 0 Å². The molecule has 0 fully saturated rings. The summed E-state index contributed by atoms with van der Waals surface area (Å²) in [5.74, 6) is 0.638. The topological polar surface area (TPSA) is 15.3 Å². The van der Waals surface area contributed by atoms with Gasteiger partial charge in [-0.1, -0.05) is 31.5 Å². The van der Waals surface area contributed by atoms with E-state index in [1.807, 2.05) is 12.1 Å².